The molecule has 1 atom stereocenters. The number of nitrogens with one attached hydrogen (secondary N) is 1. The lowest BCUT2D eigenvalue weighted by atomic mass is 9.98. The van der Waals surface area contributed by atoms with Crippen molar-refractivity contribution in [3.05, 3.63) is 39.8 Å². The third kappa shape index (κ3) is 5.32. The summed E-state index contributed by atoms with van der Waals surface area (Å²) in [6, 6.07) is 4.31. The van der Waals surface area contributed by atoms with Crippen LogP contribution in [0.2, 0.25) is 0 Å². The Morgan fingerprint density at radius 2 is 1.93 bits per heavy atom. The van der Waals surface area contributed by atoms with Crippen LogP contribution in [0.1, 0.15) is 51.0 Å². The van der Waals surface area contributed by atoms with Gasteiger partial charge in [0.2, 0.25) is 18.0 Å². The number of nitrogens with two attached hydrogens (primary N) is 1. The molecule has 1 aliphatic heterocycles. The number of rotatable bonds is 6. The first-order valence-corrected chi connectivity index (χ1v) is 8.97. The summed E-state index contributed by atoms with van der Waals surface area (Å²) in [6.45, 7) is 4.68. The fourth-order valence-corrected chi connectivity index (χ4v) is 2.66. The molecule has 30 heavy (non-hydrogen) atoms. The molecule has 0 bridgehead atoms. The predicted molar refractivity (Wildman–Crippen MR) is 102 cm³/mol. The highest BCUT2D eigenvalue weighted by Crippen LogP contribution is 2.33. The van der Waals surface area contributed by atoms with Gasteiger partial charge in [0.1, 0.15) is 0 Å². The molecule has 1 aliphatic rings. The molecule has 0 aromatic heterocycles. The van der Waals surface area contributed by atoms with Crippen LogP contribution in [-0.2, 0) is 30.4 Å². The monoisotopic (exact) mass is 418 g/mol. The van der Waals surface area contributed by atoms with E-state index in [0.717, 1.165) is 4.90 Å². The summed E-state index contributed by atoms with van der Waals surface area (Å²) in [4.78, 5) is 52.4. The zero-order chi connectivity index (χ0) is 22.5. The van der Waals surface area contributed by atoms with Crippen LogP contribution < -0.4 is 11.3 Å². The zero-order valence-electron chi connectivity index (χ0n) is 16.7. The van der Waals surface area contributed by atoms with Gasteiger partial charge in [0, 0.05) is 35.5 Å². The Hall–Kier alpha value is -3.47. The van der Waals surface area contributed by atoms with Crippen LogP contribution in [-0.4, -0.2) is 28.8 Å². The molecule has 2 rings (SSSR count). The Bertz CT molecular complexity index is 902. The van der Waals surface area contributed by atoms with Gasteiger partial charge < -0.3 is 9.47 Å². The Balaban J connectivity index is 2.45. The molecule has 160 valence electrons. The van der Waals surface area contributed by atoms with E-state index in [4.69, 9.17) is 20.8 Å². The molecule has 0 saturated carbocycles. The number of hydrogen-bond donors (Lipinski definition) is 2. The number of carbonyl (C=O) groups is 4. The fraction of sp³-hybridized carbons (Fsp3) is 0.444. The first-order chi connectivity index (χ1) is 14.1. The Morgan fingerprint density at radius 3 is 2.47 bits per heavy atom. The van der Waals surface area contributed by atoms with E-state index in [1.54, 1.807) is 20.8 Å². The molecular weight excluding hydrogens is 396 g/mol. The standard InChI is InChI=1S/C18H22N6O6/c1-18(2,3)16(27)30-17(28)29-15(24-13(25)6-7-14(24)26)12-5-4-11(22-23-20)8-10(12)9-21-19/h4-5,8,15,21H,6-7,9,19H2,1-3H3. The number of esters is 1. The van der Waals surface area contributed by atoms with Crippen molar-refractivity contribution in [1.29, 1.82) is 0 Å². The summed E-state index contributed by atoms with van der Waals surface area (Å²) >= 11 is 0. The second kappa shape index (κ2) is 9.35. The van der Waals surface area contributed by atoms with Crippen molar-refractivity contribution in [3.8, 4) is 0 Å². The van der Waals surface area contributed by atoms with Gasteiger partial charge in [-0.05, 0) is 37.9 Å². The molecule has 0 spiro atoms. The van der Waals surface area contributed by atoms with E-state index >= 15 is 0 Å². The van der Waals surface area contributed by atoms with Crippen LogP contribution in [0.5, 0.6) is 0 Å². The maximum Gasteiger partial charge on any atom is 0.518 e. The molecule has 2 amide bonds. The van der Waals surface area contributed by atoms with E-state index in [2.05, 4.69) is 15.5 Å². The SMILES string of the molecule is CC(C)(C)C(=O)OC(=O)OC(c1ccc(N=[N+]=[N-])cc1CNN)N1C(=O)CCC1=O. The average Bonchev–Trinajstić information content (AvgIpc) is 2.98. The van der Waals surface area contributed by atoms with Crippen molar-refractivity contribution in [3.63, 3.8) is 0 Å². The summed E-state index contributed by atoms with van der Waals surface area (Å²) in [7, 11) is 0. The lowest BCUT2D eigenvalue weighted by Gasteiger charge is -2.28. The molecule has 1 aromatic carbocycles. The average molecular weight is 418 g/mol. The topological polar surface area (TPSA) is 177 Å². The number of imide groups is 1. The van der Waals surface area contributed by atoms with Crippen molar-refractivity contribution >= 4 is 29.6 Å². The Labute approximate surface area is 171 Å². The molecule has 0 radical (unpaired) electrons. The minimum Gasteiger partial charge on any atom is -0.405 e. The van der Waals surface area contributed by atoms with Crippen molar-refractivity contribution < 1.29 is 28.7 Å². The number of carbonyl (C=O) groups excluding carboxylic acids is 4. The van der Waals surface area contributed by atoms with Gasteiger partial charge in [0.25, 0.3) is 0 Å². The highest BCUT2D eigenvalue weighted by Gasteiger charge is 2.40. The number of benzene rings is 1. The summed E-state index contributed by atoms with van der Waals surface area (Å²) < 4.78 is 9.95. The highest BCUT2D eigenvalue weighted by atomic mass is 16.7. The van der Waals surface area contributed by atoms with E-state index in [9.17, 15) is 19.2 Å². The molecule has 3 N–H and O–H groups in total. The largest absolute Gasteiger partial charge is 0.518 e. The Kier molecular flexibility index (Phi) is 7.11. The van der Waals surface area contributed by atoms with Gasteiger partial charge in [-0.3, -0.25) is 25.7 Å². The maximum absolute atomic E-state index is 12.3. The lowest BCUT2D eigenvalue weighted by Crippen LogP contribution is -2.38. The van der Waals surface area contributed by atoms with Crippen molar-refractivity contribution in [2.24, 2.45) is 16.4 Å². The number of azide groups is 1. The third-order valence-electron chi connectivity index (χ3n) is 4.17. The van der Waals surface area contributed by atoms with Crippen molar-refractivity contribution in [2.75, 3.05) is 0 Å². The van der Waals surface area contributed by atoms with E-state index in [1.807, 2.05) is 0 Å². The van der Waals surface area contributed by atoms with E-state index in [-0.39, 0.29) is 30.6 Å². The van der Waals surface area contributed by atoms with Gasteiger partial charge in [0.05, 0.1) is 5.41 Å². The quantitative estimate of drug-likeness (QED) is 0.103. The first kappa shape index (κ1) is 22.8. The predicted octanol–water partition coefficient (Wildman–Crippen LogP) is 2.47. The van der Waals surface area contributed by atoms with Crippen LogP contribution in [0.4, 0.5) is 10.5 Å². The van der Waals surface area contributed by atoms with Gasteiger partial charge >= 0.3 is 12.1 Å². The minimum absolute atomic E-state index is 0.0379. The number of likely N-dealkylation sites (tertiary alicyclic amines) is 1. The van der Waals surface area contributed by atoms with Crippen molar-refractivity contribution in [1.82, 2.24) is 10.3 Å². The number of hydrogen-bond acceptors (Lipinski definition) is 9. The normalized spacial score (nSPS) is 14.9. The van der Waals surface area contributed by atoms with E-state index < -0.39 is 35.6 Å². The Morgan fingerprint density at radius 1 is 1.30 bits per heavy atom. The number of ether oxygens (including phenoxy) is 2. The molecule has 1 unspecified atom stereocenters. The second-order valence-corrected chi connectivity index (χ2v) is 7.47. The summed E-state index contributed by atoms with van der Waals surface area (Å²) in [5.41, 5.74) is 11.0. The van der Waals surface area contributed by atoms with Crippen LogP contribution in [0.25, 0.3) is 10.4 Å². The van der Waals surface area contributed by atoms with Gasteiger partial charge in [0.15, 0.2) is 0 Å². The third-order valence-corrected chi connectivity index (χ3v) is 4.17. The smallest absolute Gasteiger partial charge is 0.405 e. The van der Waals surface area contributed by atoms with Crippen LogP contribution in [0.3, 0.4) is 0 Å². The molecule has 1 saturated heterocycles. The molecule has 1 fully saturated rings. The van der Waals surface area contributed by atoms with Gasteiger partial charge in [-0.1, -0.05) is 17.2 Å². The molecular formula is C18H22N6O6. The minimum atomic E-state index is -1.49. The van der Waals surface area contributed by atoms with Crippen LogP contribution in [0.15, 0.2) is 23.3 Å². The maximum atomic E-state index is 12.3. The molecule has 1 aromatic rings. The van der Waals surface area contributed by atoms with Crippen LogP contribution >= 0.6 is 0 Å². The number of hydrazine groups is 1. The highest BCUT2D eigenvalue weighted by molar-refractivity contribution is 6.02. The molecule has 12 heteroatoms. The van der Waals surface area contributed by atoms with Crippen molar-refractivity contribution in [2.45, 2.75) is 46.4 Å². The molecule has 0 aliphatic carbocycles. The van der Waals surface area contributed by atoms with Gasteiger partial charge in [-0.15, -0.1) is 0 Å². The summed E-state index contributed by atoms with van der Waals surface area (Å²) in [5, 5.41) is 3.49. The second-order valence-electron chi connectivity index (χ2n) is 7.47. The van der Waals surface area contributed by atoms with E-state index in [0.29, 0.717) is 5.56 Å². The van der Waals surface area contributed by atoms with Gasteiger partial charge in [-0.2, -0.15) is 0 Å². The number of amides is 2. The fourth-order valence-electron chi connectivity index (χ4n) is 2.66. The molecule has 1 heterocycles. The lowest BCUT2D eigenvalue weighted by molar-refractivity contribution is -0.156. The van der Waals surface area contributed by atoms with Gasteiger partial charge in [-0.25, -0.2) is 9.69 Å². The number of nitrogens with zero attached hydrogens (tertiary/aromatic N) is 4. The summed E-state index contributed by atoms with van der Waals surface area (Å²) in [5.74, 6) is 3.46. The van der Waals surface area contributed by atoms with E-state index in [1.165, 1.54) is 18.2 Å². The molecule has 12 nitrogen and oxygen atoms in total. The van der Waals surface area contributed by atoms with Crippen LogP contribution in [0, 0.1) is 5.41 Å². The first-order valence-electron chi connectivity index (χ1n) is 8.97. The zero-order valence-corrected chi connectivity index (χ0v) is 16.7. The summed E-state index contributed by atoms with van der Waals surface area (Å²) in [6.07, 6.45) is -2.94.